The minimum absolute atomic E-state index is 0.178. The van der Waals surface area contributed by atoms with Crippen molar-refractivity contribution in [3.63, 3.8) is 0 Å². The lowest BCUT2D eigenvalue weighted by Crippen LogP contribution is -2.27. The van der Waals surface area contributed by atoms with Crippen molar-refractivity contribution < 1.29 is 15.3 Å². The van der Waals surface area contributed by atoms with Crippen LogP contribution in [-0.2, 0) is 12.8 Å². The normalized spacial score (nSPS) is 22.4. The first-order chi connectivity index (χ1) is 12.7. The van der Waals surface area contributed by atoms with Gasteiger partial charge in [0.2, 0.25) is 0 Å². The molecule has 0 amide bonds. The van der Waals surface area contributed by atoms with Crippen LogP contribution in [0.2, 0.25) is 0 Å². The molecule has 1 aliphatic rings. The lowest BCUT2D eigenvalue weighted by atomic mass is 9.76. The summed E-state index contributed by atoms with van der Waals surface area (Å²) in [5.41, 5.74) is 5.33. The zero-order chi connectivity index (χ0) is 18.9. The number of hydrogen-bond donors (Lipinski definition) is 3. The molecule has 3 rings (SSSR count). The second kappa shape index (κ2) is 10.5. The van der Waals surface area contributed by atoms with Gasteiger partial charge in [0, 0.05) is 13.7 Å². The first-order valence-electron chi connectivity index (χ1n) is 9.58. The maximum Gasteiger partial charge on any atom is 0.0549 e. The van der Waals surface area contributed by atoms with Crippen LogP contribution in [0.5, 0.6) is 0 Å². The van der Waals surface area contributed by atoms with Gasteiger partial charge in [0.1, 0.15) is 0 Å². The standard InChI is InChI=1S/C22H28O2.CH4O/c1-2-16-6-8-17(9-7-16)10-18-4-3-5-20(11-18)21-12-19(15-23)13-22(24)14-21;1-2/h3-9,11,19,21-24H,2,10,12-15H2,1H3;2H,1H3. The van der Waals surface area contributed by atoms with Gasteiger partial charge < -0.3 is 15.3 Å². The van der Waals surface area contributed by atoms with Crippen molar-refractivity contribution in [3.8, 4) is 0 Å². The monoisotopic (exact) mass is 356 g/mol. The molecule has 1 aliphatic carbocycles. The van der Waals surface area contributed by atoms with Crippen molar-refractivity contribution in [3.05, 3.63) is 70.8 Å². The Kier molecular flexibility index (Phi) is 8.30. The predicted molar refractivity (Wildman–Crippen MR) is 106 cm³/mol. The van der Waals surface area contributed by atoms with Crippen LogP contribution >= 0.6 is 0 Å². The van der Waals surface area contributed by atoms with Gasteiger partial charge in [0.15, 0.2) is 0 Å². The Morgan fingerprint density at radius 3 is 2.23 bits per heavy atom. The van der Waals surface area contributed by atoms with Crippen molar-refractivity contribution in [2.24, 2.45) is 5.92 Å². The van der Waals surface area contributed by atoms with Crippen LogP contribution in [0.15, 0.2) is 48.5 Å². The van der Waals surface area contributed by atoms with E-state index in [1.807, 2.05) is 0 Å². The molecule has 0 aromatic heterocycles. The van der Waals surface area contributed by atoms with Crippen molar-refractivity contribution in [2.45, 2.75) is 51.0 Å². The highest BCUT2D eigenvalue weighted by Crippen LogP contribution is 2.36. The van der Waals surface area contributed by atoms with Gasteiger partial charge >= 0.3 is 0 Å². The Labute approximate surface area is 157 Å². The SMILES string of the molecule is CCc1ccc(Cc2cccc(C3CC(O)CC(CO)C3)c2)cc1.CO. The van der Waals surface area contributed by atoms with Gasteiger partial charge in [-0.05, 0) is 66.2 Å². The molecule has 142 valence electrons. The molecule has 0 bridgehead atoms. The third kappa shape index (κ3) is 5.66. The van der Waals surface area contributed by atoms with E-state index in [1.165, 1.54) is 22.3 Å². The lowest BCUT2D eigenvalue weighted by molar-refractivity contribution is 0.0650. The molecule has 3 nitrogen and oxygen atoms in total. The molecule has 1 fully saturated rings. The van der Waals surface area contributed by atoms with Crippen LogP contribution in [-0.4, -0.2) is 35.1 Å². The number of hydrogen-bond acceptors (Lipinski definition) is 3. The van der Waals surface area contributed by atoms with E-state index in [0.717, 1.165) is 39.2 Å². The van der Waals surface area contributed by atoms with Crippen LogP contribution in [0.4, 0.5) is 0 Å². The van der Waals surface area contributed by atoms with Crippen LogP contribution in [0.3, 0.4) is 0 Å². The number of aliphatic hydroxyl groups excluding tert-OH is 3. The molecule has 3 heteroatoms. The summed E-state index contributed by atoms with van der Waals surface area (Å²) in [6.45, 7) is 2.35. The van der Waals surface area contributed by atoms with Gasteiger partial charge in [-0.1, -0.05) is 55.5 Å². The van der Waals surface area contributed by atoms with Crippen molar-refractivity contribution in [1.29, 1.82) is 0 Å². The predicted octanol–water partition coefficient (Wildman–Crippen LogP) is 3.69. The summed E-state index contributed by atoms with van der Waals surface area (Å²) < 4.78 is 0. The summed E-state index contributed by atoms with van der Waals surface area (Å²) >= 11 is 0. The van der Waals surface area contributed by atoms with Crippen LogP contribution in [0, 0.1) is 5.92 Å². The maximum atomic E-state index is 10.1. The zero-order valence-corrected chi connectivity index (χ0v) is 15.9. The fraction of sp³-hybridized carbons (Fsp3) is 0.478. The molecule has 2 aromatic carbocycles. The van der Waals surface area contributed by atoms with E-state index >= 15 is 0 Å². The van der Waals surface area contributed by atoms with Gasteiger partial charge in [0.25, 0.3) is 0 Å². The van der Waals surface area contributed by atoms with E-state index in [-0.39, 0.29) is 18.6 Å². The van der Waals surface area contributed by atoms with Gasteiger partial charge in [-0.3, -0.25) is 0 Å². The lowest BCUT2D eigenvalue weighted by Gasteiger charge is -2.32. The molecular weight excluding hydrogens is 324 g/mol. The second-order valence-electron chi connectivity index (χ2n) is 7.20. The van der Waals surface area contributed by atoms with Crippen LogP contribution in [0.25, 0.3) is 0 Å². The Bertz CT molecular complexity index is 651. The Hall–Kier alpha value is -1.68. The van der Waals surface area contributed by atoms with Crippen molar-refractivity contribution in [1.82, 2.24) is 0 Å². The molecule has 0 saturated heterocycles. The van der Waals surface area contributed by atoms with Gasteiger partial charge in [0.05, 0.1) is 6.10 Å². The minimum atomic E-state index is -0.286. The Balaban J connectivity index is 0.00000117. The molecule has 3 atom stereocenters. The third-order valence-electron chi connectivity index (χ3n) is 5.30. The minimum Gasteiger partial charge on any atom is -0.400 e. The molecule has 0 heterocycles. The first-order valence-corrected chi connectivity index (χ1v) is 9.58. The van der Waals surface area contributed by atoms with Crippen LogP contribution in [0.1, 0.15) is 54.4 Å². The smallest absolute Gasteiger partial charge is 0.0549 e. The quantitative estimate of drug-likeness (QED) is 0.766. The molecule has 0 radical (unpaired) electrons. The van der Waals surface area contributed by atoms with E-state index < -0.39 is 0 Å². The highest BCUT2D eigenvalue weighted by Gasteiger charge is 2.28. The fourth-order valence-electron chi connectivity index (χ4n) is 3.91. The van der Waals surface area contributed by atoms with E-state index in [1.54, 1.807) is 0 Å². The van der Waals surface area contributed by atoms with Crippen molar-refractivity contribution in [2.75, 3.05) is 13.7 Å². The highest BCUT2D eigenvalue weighted by atomic mass is 16.3. The van der Waals surface area contributed by atoms with Gasteiger partial charge in [-0.15, -0.1) is 0 Å². The van der Waals surface area contributed by atoms with E-state index in [2.05, 4.69) is 55.5 Å². The summed E-state index contributed by atoms with van der Waals surface area (Å²) in [5.74, 6) is 0.581. The van der Waals surface area contributed by atoms with Gasteiger partial charge in [-0.2, -0.15) is 0 Å². The number of rotatable bonds is 5. The van der Waals surface area contributed by atoms with E-state index in [0.29, 0.717) is 5.92 Å². The van der Waals surface area contributed by atoms with Crippen LogP contribution < -0.4 is 0 Å². The topological polar surface area (TPSA) is 60.7 Å². The average Bonchev–Trinajstić information content (AvgIpc) is 2.70. The largest absolute Gasteiger partial charge is 0.400 e. The van der Waals surface area contributed by atoms with Crippen molar-refractivity contribution >= 4 is 0 Å². The number of benzene rings is 2. The second-order valence-corrected chi connectivity index (χ2v) is 7.20. The third-order valence-corrected chi connectivity index (χ3v) is 5.30. The van der Waals surface area contributed by atoms with Gasteiger partial charge in [-0.25, -0.2) is 0 Å². The fourth-order valence-corrected chi connectivity index (χ4v) is 3.91. The summed E-state index contributed by atoms with van der Waals surface area (Å²) in [6.07, 6.45) is 4.25. The molecule has 26 heavy (non-hydrogen) atoms. The Morgan fingerprint density at radius 1 is 0.885 bits per heavy atom. The Morgan fingerprint density at radius 2 is 1.58 bits per heavy atom. The zero-order valence-electron chi connectivity index (χ0n) is 15.9. The van der Waals surface area contributed by atoms with E-state index in [4.69, 9.17) is 5.11 Å². The molecule has 3 unspecified atom stereocenters. The summed E-state index contributed by atoms with van der Waals surface area (Å²) in [7, 11) is 1.00. The number of aliphatic hydroxyl groups is 3. The average molecular weight is 357 g/mol. The molecule has 3 N–H and O–H groups in total. The molecule has 1 saturated carbocycles. The maximum absolute atomic E-state index is 10.1. The molecule has 0 spiro atoms. The summed E-state index contributed by atoms with van der Waals surface area (Å²) in [4.78, 5) is 0. The molecule has 0 aliphatic heterocycles. The highest BCUT2D eigenvalue weighted by molar-refractivity contribution is 5.32. The number of aryl methyl sites for hydroxylation is 1. The summed E-state index contributed by atoms with van der Waals surface area (Å²) in [6, 6.07) is 17.6. The summed E-state index contributed by atoms with van der Waals surface area (Å²) in [5, 5.41) is 26.5. The van der Waals surface area contributed by atoms with E-state index in [9.17, 15) is 10.2 Å². The molecular formula is C23H32O3. The first kappa shape index (κ1) is 20.6. The molecule has 2 aromatic rings.